The van der Waals surface area contributed by atoms with Gasteiger partial charge in [-0.2, -0.15) is 5.10 Å². The summed E-state index contributed by atoms with van der Waals surface area (Å²) in [5.41, 5.74) is -0.235. The molecule has 0 aliphatic heterocycles. The summed E-state index contributed by atoms with van der Waals surface area (Å²) < 4.78 is 30.1. The maximum Gasteiger partial charge on any atom is 0.259 e. The number of halogens is 4. The van der Waals surface area contributed by atoms with Crippen LogP contribution in [0.4, 0.5) is 8.78 Å². The predicted molar refractivity (Wildman–Crippen MR) is 149 cm³/mol. The van der Waals surface area contributed by atoms with Crippen molar-refractivity contribution in [3.63, 3.8) is 0 Å². The Bertz CT molecular complexity index is 1760. The Balaban J connectivity index is 1.50. The van der Waals surface area contributed by atoms with Crippen molar-refractivity contribution in [1.82, 2.24) is 30.0 Å². The maximum atomic E-state index is 14.8. The van der Waals surface area contributed by atoms with Crippen LogP contribution in [0.5, 0.6) is 0 Å². The first-order chi connectivity index (χ1) is 19.0. The van der Waals surface area contributed by atoms with Gasteiger partial charge < -0.3 is 10.3 Å². The van der Waals surface area contributed by atoms with Gasteiger partial charge in [0.1, 0.15) is 35.1 Å². The summed E-state index contributed by atoms with van der Waals surface area (Å²) in [6.45, 7) is 5.22. The van der Waals surface area contributed by atoms with E-state index in [0.717, 1.165) is 0 Å². The number of hydrogen-bond acceptors (Lipinski definition) is 5. The lowest BCUT2D eigenvalue weighted by Crippen LogP contribution is -2.38. The Morgan fingerprint density at radius 3 is 2.58 bits per heavy atom. The van der Waals surface area contributed by atoms with Gasteiger partial charge in [0, 0.05) is 17.9 Å². The highest BCUT2D eigenvalue weighted by Crippen LogP contribution is 2.42. The van der Waals surface area contributed by atoms with Crippen molar-refractivity contribution >= 4 is 40.0 Å². The van der Waals surface area contributed by atoms with Crippen molar-refractivity contribution < 1.29 is 13.6 Å². The van der Waals surface area contributed by atoms with E-state index in [-0.39, 0.29) is 45.3 Å². The van der Waals surface area contributed by atoms with E-state index in [9.17, 15) is 18.4 Å². The van der Waals surface area contributed by atoms with Gasteiger partial charge in [-0.25, -0.2) is 23.4 Å². The molecule has 2 aromatic heterocycles. The summed E-state index contributed by atoms with van der Waals surface area (Å²) >= 11 is 12.9. The lowest BCUT2D eigenvalue weighted by molar-refractivity contribution is 0.0945. The first kappa shape index (κ1) is 27.7. The lowest BCUT2D eigenvalue weighted by atomic mass is 9.72. The molecular formula is C28H24Cl2F2N6O2. The van der Waals surface area contributed by atoms with Gasteiger partial charge in [0.2, 0.25) is 0 Å². The third-order valence-electron chi connectivity index (χ3n) is 7.12. The van der Waals surface area contributed by atoms with Crippen LogP contribution in [0.15, 0.2) is 59.4 Å². The number of nitrogens with zero attached hydrogens (tertiary/aromatic N) is 4. The molecule has 40 heavy (non-hydrogen) atoms. The minimum atomic E-state index is -0.783. The minimum Gasteiger partial charge on any atom is -0.351 e. The van der Waals surface area contributed by atoms with Crippen LogP contribution >= 0.6 is 23.2 Å². The van der Waals surface area contributed by atoms with Crippen molar-refractivity contribution in [2.45, 2.75) is 33.1 Å². The van der Waals surface area contributed by atoms with Crippen LogP contribution in [-0.4, -0.2) is 37.2 Å². The number of aromatic amines is 1. The largest absolute Gasteiger partial charge is 0.351 e. The third kappa shape index (κ3) is 5.16. The number of carbonyl (C=O) groups is 1. The lowest BCUT2D eigenvalue weighted by Gasteiger charge is -2.35. The fourth-order valence-electron chi connectivity index (χ4n) is 4.84. The number of nitrogens with one attached hydrogen (secondary N) is 2. The Morgan fingerprint density at radius 1 is 1.23 bits per heavy atom. The van der Waals surface area contributed by atoms with Gasteiger partial charge in [0.05, 0.1) is 26.7 Å². The Kier molecular flexibility index (Phi) is 7.32. The molecule has 4 aromatic rings. The number of carbonyl (C=O) groups excluding carboxylic acids is 1. The molecule has 0 bridgehead atoms. The summed E-state index contributed by atoms with van der Waals surface area (Å²) in [4.78, 5) is 37.7. The second kappa shape index (κ2) is 10.6. The number of hydrogen-bond donors (Lipinski definition) is 2. The molecule has 1 aliphatic carbocycles. The summed E-state index contributed by atoms with van der Waals surface area (Å²) in [5, 5.41) is 7.37. The summed E-state index contributed by atoms with van der Waals surface area (Å²) in [6.07, 6.45) is 6.14. The molecule has 2 heterocycles. The van der Waals surface area contributed by atoms with E-state index >= 15 is 0 Å². The highest BCUT2D eigenvalue weighted by atomic mass is 35.5. The van der Waals surface area contributed by atoms with Gasteiger partial charge >= 0.3 is 0 Å². The van der Waals surface area contributed by atoms with Gasteiger partial charge in [-0.1, -0.05) is 42.3 Å². The number of allylic oxidation sites excluding steroid dienone is 4. The van der Waals surface area contributed by atoms with Crippen molar-refractivity contribution in [2.24, 2.45) is 5.41 Å². The first-order valence-corrected chi connectivity index (χ1v) is 13.1. The highest BCUT2D eigenvalue weighted by molar-refractivity contribution is 6.40. The Morgan fingerprint density at radius 2 is 1.95 bits per heavy atom. The third-order valence-corrected chi connectivity index (χ3v) is 7.71. The Hall–Kier alpha value is -3.89. The Labute approximate surface area is 237 Å². The molecular weight excluding hydrogens is 561 g/mol. The van der Waals surface area contributed by atoms with E-state index in [4.69, 9.17) is 23.2 Å². The molecule has 206 valence electrons. The van der Waals surface area contributed by atoms with Crippen molar-refractivity contribution in [3.05, 3.63) is 104 Å². The van der Waals surface area contributed by atoms with Gasteiger partial charge in [-0.05, 0) is 56.2 Å². The van der Waals surface area contributed by atoms with Gasteiger partial charge in [0.15, 0.2) is 0 Å². The van der Waals surface area contributed by atoms with Crippen LogP contribution in [0.3, 0.4) is 0 Å². The molecule has 2 atom stereocenters. The topological polar surface area (TPSA) is 106 Å². The van der Waals surface area contributed by atoms with Crippen LogP contribution in [-0.2, 0) is 0 Å². The van der Waals surface area contributed by atoms with E-state index < -0.39 is 34.4 Å². The smallest absolute Gasteiger partial charge is 0.259 e. The number of fused-ring (bicyclic) bond motifs is 1. The zero-order valence-corrected chi connectivity index (χ0v) is 23.2. The maximum absolute atomic E-state index is 14.8. The van der Waals surface area contributed by atoms with Crippen LogP contribution in [0.1, 0.15) is 46.8 Å². The normalized spacial score (nSPS) is 17.6. The van der Waals surface area contributed by atoms with Crippen LogP contribution in [0.2, 0.25) is 10.0 Å². The molecule has 1 aliphatic rings. The van der Waals surface area contributed by atoms with E-state index in [1.165, 1.54) is 35.3 Å². The van der Waals surface area contributed by atoms with Crippen LogP contribution < -0.4 is 10.9 Å². The summed E-state index contributed by atoms with van der Waals surface area (Å²) in [5.74, 6) is -1.59. The quantitative estimate of drug-likeness (QED) is 0.293. The molecule has 5 rings (SSSR count). The number of H-pyrrole nitrogens is 1. The molecule has 1 amide bonds. The number of benzene rings is 2. The standard InChI is InChI=1S/C28H24Cl2F2N6O2/c1-14-4-5-21(32)24-22(14)27(40)36-25(35-24)18(28(3)8-6-16(31)7-9-28)12-33-26(39)23-19(29)10-17(11-20(23)30)38-13-34-15(2)37-38/h4-8,10-11,13,18H,9,12H2,1-3H3,(H,33,39)(H,35,36,40)/t18-,28?/m1/s1. The van der Waals surface area contributed by atoms with Crippen molar-refractivity contribution in [3.8, 4) is 5.69 Å². The van der Waals surface area contributed by atoms with E-state index in [1.54, 1.807) is 32.1 Å². The van der Waals surface area contributed by atoms with Crippen LogP contribution in [0.25, 0.3) is 16.6 Å². The SMILES string of the molecule is Cc1ncn(-c2cc(Cl)c(C(=O)NC[C@H](c3nc4c(F)ccc(C)c4c(=O)[nH]3)C3(C)C=CC(F)=CC3)c(Cl)c2)n1. The van der Waals surface area contributed by atoms with Crippen molar-refractivity contribution in [1.29, 1.82) is 0 Å². The van der Waals surface area contributed by atoms with Gasteiger partial charge in [-0.3, -0.25) is 9.59 Å². The number of aryl methyl sites for hydroxylation is 2. The molecule has 8 nitrogen and oxygen atoms in total. The number of aromatic nitrogens is 5. The molecule has 0 saturated heterocycles. The molecule has 0 radical (unpaired) electrons. The molecule has 2 N–H and O–H groups in total. The van der Waals surface area contributed by atoms with E-state index in [2.05, 4.69) is 25.4 Å². The summed E-state index contributed by atoms with van der Waals surface area (Å²) in [6, 6.07) is 5.84. The molecule has 0 fully saturated rings. The minimum absolute atomic E-state index is 0.0413. The molecule has 0 saturated carbocycles. The summed E-state index contributed by atoms with van der Waals surface area (Å²) in [7, 11) is 0. The fourth-order valence-corrected chi connectivity index (χ4v) is 5.49. The fraction of sp³-hybridized carbons (Fsp3) is 0.250. The average Bonchev–Trinajstić information content (AvgIpc) is 3.34. The average molecular weight is 585 g/mol. The van der Waals surface area contributed by atoms with E-state index in [1.807, 2.05) is 6.92 Å². The number of rotatable bonds is 6. The van der Waals surface area contributed by atoms with E-state index in [0.29, 0.717) is 17.1 Å². The second-order valence-corrected chi connectivity index (χ2v) is 10.8. The van der Waals surface area contributed by atoms with Gasteiger partial charge in [0.25, 0.3) is 11.5 Å². The van der Waals surface area contributed by atoms with Crippen molar-refractivity contribution in [2.75, 3.05) is 6.54 Å². The molecule has 12 heteroatoms. The first-order valence-electron chi connectivity index (χ1n) is 12.4. The molecule has 2 aromatic carbocycles. The predicted octanol–water partition coefficient (Wildman–Crippen LogP) is 5.90. The zero-order valence-electron chi connectivity index (χ0n) is 21.7. The van der Waals surface area contributed by atoms with Crippen LogP contribution in [0, 0.1) is 25.1 Å². The monoisotopic (exact) mass is 584 g/mol. The number of amides is 1. The zero-order chi connectivity index (χ0) is 28.8. The highest BCUT2D eigenvalue weighted by Gasteiger charge is 2.37. The van der Waals surface area contributed by atoms with Gasteiger partial charge in [-0.15, -0.1) is 0 Å². The molecule has 1 unspecified atom stereocenters. The molecule has 0 spiro atoms. The second-order valence-electron chi connectivity index (χ2n) is 9.95.